The van der Waals surface area contributed by atoms with Gasteiger partial charge in [-0.05, 0) is 33.3 Å². The van der Waals surface area contributed by atoms with Crippen LogP contribution in [0.5, 0.6) is 0 Å². The molecule has 1 aromatic rings. The van der Waals surface area contributed by atoms with Crippen LogP contribution in [0.4, 0.5) is 4.79 Å². The number of carbonyl (C=O) groups excluding carboxylic acids is 2. The van der Waals surface area contributed by atoms with E-state index in [1.807, 2.05) is 30.3 Å². The third-order valence-electron chi connectivity index (χ3n) is 2.45. The Kier molecular flexibility index (Phi) is 4.89. The highest BCUT2D eigenvalue weighted by molar-refractivity contribution is 5.88. The fourth-order valence-electron chi connectivity index (χ4n) is 1.56. The third-order valence-corrected chi connectivity index (χ3v) is 2.45. The van der Waals surface area contributed by atoms with Crippen LogP contribution in [0.1, 0.15) is 33.3 Å². The average Bonchev–Trinajstić information content (AvgIpc) is 2.26. The third kappa shape index (κ3) is 5.40. The maximum Gasteiger partial charge on any atom is 0.516 e. The first-order chi connectivity index (χ1) is 9.10. The van der Waals surface area contributed by atoms with Crippen LogP contribution in [0.25, 0.3) is 0 Å². The topological polar surface area (TPSA) is 78.6 Å². The van der Waals surface area contributed by atoms with Crippen LogP contribution in [-0.4, -0.2) is 23.3 Å². The first-order valence-corrected chi connectivity index (χ1v) is 6.38. The molecule has 0 saturated carbocycles. The standard InChI is InChI=1S/C15H21NO4/c1-14(2,3)20-13(18)19-12(17)15(4,16)10-11-8-6-5-7-9-11/h5-9H,10,16H2,1-4H3. The molecule has 0 radical (unpaired) electrons. The average molecular weight is 279 g/mol. The number of nitrogens with two attached hydrogens (primary N) is 1. The lowest BCUT2D eigenvalue weighted by Crippen LogP contribution is -2.49. The Morgan fingerprint density at radius 3 is 2.15 bits per heavy atom. The predicted molar refractivity (Wildman–Crippen MR) is 75.1 cm³/mol. The molecule has 0 aliphatic rings. The molecule has 0 amide bonds. The molecule has 0 spiro atoms. The minimum Gasteiger partial charge on any atom is -0.428 e. The Morgan fingerprint density at radius 2 is 1.65 bits per heavy atom. The van der Waals surface area contributed by atoms with Crippen molar-refractivity contribution < 1.29 is 19.1 Å². The van der Waals surface area contributed by atoms with Crippen LogP contribution in [-0.2, 0) is 20.7 Å². The van der Waals surface area contributed by atoms with Gasteiger partial charge < -0.3 is 15.2 Å². The lowest BCUT2D eigenvalue weighted by atomic mass is 9.94. The van der Waals surface area contributed by atoms with E-state index in [2.05, 4.69) is 4.74 Å². The molecule has 2 N–H and O–H groups in total. The molecule has 1 rings (SSSR count). The van der Waals surface area contributed by atoms with E-state index in [4.69, 9.17) is 10.5 Å². The maximum absolute atomic E-state index is 11.9. The maximum atomic E-state index is 11.9. The fraction of sp³-hybridized carbons (Fsp3) is 0.467. The second-order valence-corrected chi connectivity index (χ2v) is 5.93. The zero-order valence-electron chi connectivity index (χ0n) is 12.3. The minimum absolute atomic E-state index is 0.273. The van der Waals surface area contributed by atoms with Crippen LogP contribution in [0.15, 0.2) is 30.3 Å². The van der Waals surface area contributed by atoms with Crippen molar-refractivity contribution >= 4 is 12.1 Å². The van der Waals surface area contributed by atoms with Gasteiger partial charge in [-0.25, -0.2) is 9.59 Å². The van der Waals surface area contributed by atoms with Crippen molar-refractivity contribution in [1.29, 1.82) is 0 Å². The van der Waals surface area contributed by atoms with E-state index in [0.29, 0.717) is 0 Å². The van der Waals surface area contributed by atoms with Crippen LogP contribution in [0, 0.1) is 0 Å². The summed E-state index contributed by atoms with van der Waals surface area (Å²) in [6.07, 6.45) is -0.762. The van der Waals surface area contributed by atoms with Gasteiger partial charge in [-0.15, -0.1) is 0 Å². The number of hydrogen-bond acceptors (Lipinski definition) is 5. The Labute approximate surface area is 119 Å². The van der Waals surface area contributed by atoms with E-state index in [1.54, 1.807) is 20.8 Å². The van der Waals surface area contributed by atoms with Gasteiger partial charge in [0.05, 0.1) is 0 Å². The predicted octanol–water partition coefficient (Wildman–Crippen LogP) is 2.42. The van der Waals surface area contributed by atoms with Crippen LogP contribution < -0.4 is 5.73 Å². The summed E-state index contributed by atoms with van der Waals surface area (Å²) < 4.78 is 9.55. The van der Waals surface area contributed by atoms with E-state index >= 15 is 0 Å². The van der Waals surface area contributed by atoms with E-state index in [9.17, 15) is 9.59 Å². The van der Waals surface area contributed by atoms with Crippen molar-refractivity contribution in [1.82, 2.24) is 0 Å². The highest BCUT2D eigenvalue weighted by Crippen LogP contribution is 2.14. The zero-order valence-corrected chi connectivity index (χ0v) is 12.3. The van der Waals surface area contributed by atoms with Crippen molar-refractivity contribution in [3.63, 3.8) is 0 Å². The van der Waals surface area contributed by atoms with Crippen LogP contribution >= 0.6 is 0 Å². The molecule has 0 aliphatic heterocycles. The molecule has 1 atom stereocenters. The quantitative estimate of drug-likeness (QED) is 0.679. The summed E-state index contributed by atoms with van der Waals surface area (Å²) in [7, 11) is 0. The van der Waals surface area contributed by atoms with Gasteiger partial charge in [-0.2, -0.15) is 0 Å². The Bertz CT molecular complexity index is 474. The van der Waals surface area contributed by atoms with Crippen molar-refractivity contribution in [2.45, 2.75) is 45.3 Å². The molecule has 0 fully saturated rings. The first-order valence-electron chi connectivity index (χ1n) is 6.38. The lowest BCUT2D eigenvalue weighted by Gasteiger charge is -2.23. The smallest absolute Gasteiger partial charge is 0.428 e. The number of rotatable bonds is 3. The Balaban J connectivity index is 2.63. The van der Waals surface area contributed by atoms with Crippen molar-refractivity contribution in [3.05, 3.63) is 35.9 Å². The van der Waals surface area contributed by atoms with Gasteiger partial charge in [0.1, 0.15) is 11.1 Å². The van der Waals surface area contributed by atoms with Crippen LogP contribution in [0.2, 0.25) is 0 Å². The van der Waals surface area contributed by atoms with E-state index in [1.165, 1.54) is 6.92 Å². The van der Waals surface area contributed by atoms with Crippen molar-refractivity contribution in [3.8, 4) is 0 Å². The van der Waals surface area contributed by atoms with Gasteiger partial charge >= 0.3 is 12.1 Å². The van der Waals surface area contributed by atoms with E-state index in [0.717, 1.165) is 5.56 Å². The first kappa shape index (κ1) is 16.2. The van der Waals surface area contributed by atoms with Gasteiger partial charge in [0.25, 0.3) is 0 Å². The molecule has 5 nitrogen and oxygen atoms in total. The second-order valence-electron chi connectivity index (χ2n) is 5.93. The van der Waals surface area contributed by atoms with E-state index < -0.39 is 23.3 Å². The molecule has 0 aliphatic carbocycles. The molecule has 1 unspecified atom stereocenters. The SMILES string of the molecule is CC(C)(C)OC(=O)OC(=O)C(C)(N)Cc1ccccc1. The monoisotopic (exact) mass is 279 g/mol. The summed E-state index contributed by atoms with van der Waals surface area (Å²) in [5.41, 5.74) is 4.80. The fourth-order valence-corrected chi connectivity index (χ4v) is 1.56. The molecular weight excluding hydrogens is 258 g/mol. The zero-order chi connectivity index (χ0) is 15.4. The summed E-state index contributed by atoms with van der Waals surface area (Å²) in [6, 6.07) is 9.28. The number of hydrogen-bond donors (Lipinski definition) is 1. The molecule has 0 heterocycles. The van der Waals surface area contributed by atoms with Gasteiger partial charge in [-0.3, -0.25) is 0 Å². The molecule has 0 aromatic heterocycles. The molecule has 110 valence electrons. The number of benzene rings is 1. The highest BCUT2D eigenvalue weighted by atomic mass is 16.7. The largest absolute Gasteiger partial charge is 0.516 e. The summed E-state index contributed by atoms with van der Waals surface area (Å²) in [6.45, 7) is 6.58. The van der Waals surface area contributed by atoms with Gasteiger partial charge in [0, 0.05) is 6.42 Å². The van der Waals surface area contributed by atoms with Crippen molar-refractivity contribution in [2.24, 2.45) is 5.73 Å². The number of esters is 1. The van der Waals surface area contributed by atoms with Crippen LogP contribution in [0.3, 0.4) is 0 Å². The summed E-state index contributed by atoms with van der Waals surface area (Å²) >= 11 is 0. The Hall–Kier alpha value is -1.88. The summed E-state index contributed by atoms with van der Waals surface area (Å²) in [4.78, 5) is 23.4. The van der Waals surface area contributed by atoms with Gasteiger partial charge in [-0.1, -0.05) is 30.3 Å². The Morgan fingerprint density at radius 1 is 1.10 bits per heavy atom. The molecular formula is C15H21NO4. The highest BCUT2D eigenvalue weighted by Gasteiger charge is 2.33. The lowest BCUT2D eigenvalue weighted by molar-refractivity contribution is -0.147. The molecule has 1 aromatic carbocycles. The number of carbonyl (C=O) groups is 2. The molecule has 0 bridgehead atoms. The molecule has 20 heavy (non-hydrogen) atoms. The molecule has 0 saturated heterocycles. The summed E-state index contributed by atoms with van der Waals surface area (Å²) in [5.74, 6) is -0.810. The number of ether oxygens (including phenoxy) is 2. The summed E-state index contributed by atoms with van der Waals surface area (Å²) in [5, 5.41) is 0. The van der Waals surface area contributed by atoms with Gasteiger partial charge in [0.2, 0.25) is 0 Å². The normalized spacial score (nSPS) is 14.2. The van der Waals surface area contributed by atoms with Crippen molar-refractivity contribution in [2.75, 3.05) is 0 Å². The second kappa shape index (κ2) is 6.05. The molecule has 5 heteroatoms. The van der Waals surface area contributed by atoms with Gasteiger partial charge in [0.15, 0.2) is 0 Å². The van der Waals surface area contributed by atoms with E-state index in [-0.39, 0.29) is 6.42 Å². The minimum atomic E-state index is -1.29.